The van der Waals surface area contributed by atoms with Crippen molar-refractivity contribution in [3.05, 3.63) is 17.5 Å². The number of ether oxygens (including phenoxy) is 1. The van der Waals surface area contributed by atoms with Crippen LogP contribution in [0.25, 0.3) is 0 Å². The maximum Gasteiger partial charge on any atom is 0.124 e. The predicted octanol–water partition coefficient (Wildman–Crippen LogP) is 0.971. The molecule has 1 aromatic heterocycles. The molecule has 0 atom stereocenters. The van der Waals surface area contributed by atoms with Gasteiger partial charge in [0.1, 0.15) is 6.29 Å². The number of hydrogen-bond acceptors (Lipinski definition) is 3. The second-order valence-electron chi connectivity index (χ2n) is 2.60. The van der Waals surface area contributed by atoms with E-state index in [9.17, 15) is 4.79 Å². The van der Waals surface area contributed by atoms with Crippen LogP contribution in [0.3, 0.4) is 0 Å². The van der Waals surface area contributed by atoms with Crippen molar-refractivity contribution in [2.24, 2.45) is 0 Å². The Morgan fingerprint density at radius 2 is 2.54 bits per heavy atom. The lowest BCUT2D eigenvalue weighted by atomic mass is 10.1. The zero-order valence-electron chi connectivity index (χ0n) is 7.36. The lowest BCUT2D eigenvalue weighted by molar-refractivity contribution is -0.107. The van der Waals surface area contributed by atoms with Crippen LogP contribution in [0.4, 0.5) is 0 Å². The van der Waals surface area contributed by atoms with Crippen molar-refractivity contribution in [1.29, 1.82) is 0 Å². The second-order valence-corrected chi connectivity index (χ2v) is 3.33. The number of carbonyl (C=O) groups is 1. The van der Waals surface area contributed by atoms with E-state index in [-0.39, 0.29) is 0 Å². The van der Waals surface area contributed by atoms with Crippen LogP contribution >= 0.6 is 16.1 Å². The standard InChI is InChI=1S/C8H11BrN2O2/c1-13-5-3-8-7(2-4-12)6-11(9)10-8/h4,6H,2-3,5H2,1H3. The molecule has 0 aliphatic carbocycles. The SMILES string of the molecule is COCCc1nn(Br)cc1CC=O. The molecule has 0 aromatic carbocycles. The molecule has 0 N–H and O–H groups in total. The zero-order valence-corrected chi connectivity index (χ0v) is 8.95. The van der Waals surface area contributed by atoms with E-state index in [0.717, 1.165) is 24.0 Å². The van der Waals surface area contributed by atoms with Crippen molar-refractivity contribution < 1.29 is 9.53 Å². The van der Waals surface area contributed by atoms with Crippen LogP contribution in [0.1, 0.15) is 11.3 Å². The monoisotopic (exact) mass is 246 g/mol. The Balaban J connectivity index is 2.71. The molecule has 1 heterocycles. The molecule has 0 aliphatic heterocycles. The van der Waals surface area contributed by atoms with Crippen LogP contribution in [-0.2, 0) is 22.4 Å². The van der Waals surface area contributed by atoms with Crippen molar-refractivity contribution in [2.75, 3.05) is 13.7 Å². The van der Waals surface area contributed by atoms with Gasteiger partial charge in [-0.05, 0) is 0 Å². The van der Waals surface area contributed by atoms with Crippen molar-refractivity contribution in [1.82, 2.24) is 8.81 Å². The van der Waals surface area contributed by atoms with Gasteiger partial charge in [0.15, 0.2) is 0 Å². The Bertz CT molecular complexity index is 286. The first kappa shape index (κ1) is 10.4. The molecule has 0 aliphatic rings. The van der Waals surface area contributed by atoms with Gasteiger partial charge in [-0.25, -0.2) is 3.71 Å². The Kier molecular flexibility index (Phi) is 4.11. The minimum atomic E-state index is 0.407. The summed E-state index contributed by atoms with van der Waals surface area (Å²) in [5.41, 5.74) is 1.86. The molecule has 0 radical (unpaired) electrons. The third-order valence-corrected chi connectivity index (χ3v) is 2.06. The van der Waals surface area contributed by atoms with E-state index in [1.165, 1.54) is 3.71 Å². The number of aldehydes is 1. The molecule has 1 aromatic rings. The van der Waals surface area contributed by atoms with Gasteiger partial charge in [-0.1, -0.05) is 0 Å². The van der Waals surface area contributed by atoms with E-state index < -0.39 is 0 Å². The number of carbonyl (C=O) groups excluding carboxylic acids is 1. The molecule has 0 saturated carbocycles. The van der Waals surface area contributed by atoms with Crippen molar-refractivity contribution in [3.63, 3.8) is 0 Å². The van der Waals surface area contributed by atoms with Gasteiger partial charge >= 0.3 is 0 Å². The first-order valence-corrected chi connectivity index (χ1v) is 4.65. The van der Waals surface area contributed by atoms with Gasteiger partial charge < -0.3 is 9.53 Å². The van der Waals surface area contributed by atoms with Crippen molar-refractivity contribution >= 4 is 22.4 Å². The van der Waals surface area contributed by atoms with Crippen LogP contribution in [-0.4, -0.2) is 28.8 Å². The third-order valence-electron chi connectivity index (χ3n) is 1.70. The zero-order chi connectivity index (χ0) is 9.68. The molecule has 0 bridgehead atoms. The number of hydrogen-bond donors (Lipinski definition) is 0. The Morgan fingerprint density at radius 3 is 3.15 bits per heavy atom. The molecule has 0 fully saturated rings. The van der Waals surface area contributed by atoms with Gasteiger partial charge in [-0.2, -0.15) is 5.10 Å². The molecule has 5 heteroatoms. The smallest absolute Gasteiger partial charge is 0.124 e. The number of methoxy groups -OCH3 is 1. The van der Waals surface area contributed by atoms with Gasteiger partial charge in [0.25, 0.3) is 0 Å². The predicted molar refractivity (Wildman–Crippen MR) is 51.9 cm³/mol. The van der Waals surface area contributed by atoms with Gasteiger partial charge in [0, 0.05) is 31.7 Å². The number of halogens is 1. The molecule has 13 heavy (non-hydrogen) atoms. The Labute approximate surface area is 85.2 Å². The molecule has 0 unspecified atom stereocenters. The summed E-state index contributed by atoms with van der Waals surface area (Å²) in [6.45, 7) is 0.621. The maximum atomic E-state index is 10.3. The summed E-state index contributed by atoms with van der Waals surface area (Å²) in [5, 5.41) is 4.16. The van der Waals surface area contributed by atoms with E-state index in [2.05, 4.69) is 21.2 Å². The lowest BCUT2D eigenvalue weighted by Gasteiger charge is -1.96. The molecule has 72 valence electrons. The Hall–Kier alpha value is -0.680. The topological polar surface area (TPSA) is 44.1 Å². The highest BCUT2D eigenvalue weighted by molar-refractivity contribution is 9.08. The quantitative estimate of drug-likeness (QED) is 0.728. The summed E-state index contributed by atoms with van der Waals surface area (Å²) in [7, 11) is 1.64. The highest BCUT2D eigenvalue weighted by Gasteiger charge is 2.06. The van der Waals surface area contributed by atoms with E-state index in [1.54, 1.807) is 13.3 Å². The normalized spacial score (nSPS) is 10.3. The number of rotatable bonds is 5. The van der Waals surface area contributed by atoms with E-state index in [4.69, 9.17) is 4.74 Å². The molecular formula is C8H11BrN2O2. The summed E-state index contributed by atoms with van der Waals surface area (Å²) in [5.74, 6) is 0. The van der Waals surface area contributed by atoms with Crippen LogP contribution in [0.5, 0.6) is 0 Å². The van der Waals surface area contributed by atoms with Crippen LogP contribution in [0, 0.1) is 0 Å². The fraction of sp³-hybridized carbons (Fsp3) is 0.500. The van der Waals surface area contributed by atoms with Crippen LogP contribution < -0.4 is 0 Å². The lowest BCUT2D eigenvalue weighted by Crippen LogP contribution is -1.99. The van der Waals surface area contributed by atoms with Gasteiger partial charge in [-0.15, -0.1) is 0 Å². The summed E-state index contributed by atoms with van der Waals surface area (Å²) < 4.78 is 6.47. The molecule has 0 spiro atoms. The summed E-state index contributed by atoms with van der Waals surface area (Å²) in [6, 6.07) is 0. The van der Waals surface area contributed by atoms with E-state index >= 15 is 0 Å². The summed E-state index contributed by atoms with van der Waals surface area (Å²) >= 11 is 3.19. The van der Waals surface area contributed by atoms with E-state index in [1.807, 2.05) is 0 Å². The average molecular weight is 247 g/mol. The van der Waals surface area contributed by atoms with Crippen molar-refractivity contribution in [2.45, 2.75) is 12.8 Å². The summed E-state index contributed by atoms with van der Waals surface area (Å²) in [4.78, 5) is 10.3. The Morgan fingerprint density at radius 1 is 1.77 bits per heavy atom. The minimum Gasteiger partial charge on any atom is -0.384 e. The van der Waals surface area contributed by atoms with Gasteiger partial charge in [0.05, 0.1) is 28.4 Å². The van der Waals surface area contributed by atoms with E-state index in [0.29, 0.717) is 13.0 Å². The number of aromatic nitrogens is 2. The molecule has 0 saturated heterocycles. The maximum absolute atomic E-state index is 10.3. The fourth-order valence-electron chi connectivity index (χ4n) is 1.08. The molecule has 0 amide bonds. The average Bonchev–Trinajstić information content (AvgIpc) is 2.44. The largest absolute Gasteiger partial charge is 0.384 e. The fourth-order valence-corrected chi connectivity index (χ4v) is 1.52. The molecular weight excluding hydrogens is 236 g/mol. The molecule has 4 nitrogen and oxygen atoms in total. The third kappa shape index (κ3) is 2.93. The van der Waals surface area contributed by atoms with Crippen molar-refractivity contribution in [3.8, 4) is 0 Å². The highest BCUT2D eigenvalue weighted by atomic mass is 79.9. The molecule has 1 rings (SSSR count). The minimum absolute atomic E-state index is 0.407. The number of nitrogens with zero attached hydrogens (tertiary/aromatic N) is 2. The van der Waals surface area contributed by atoms with Gasteiger partial charge in [-0.3, -0.25) is 0 Å². The highest BCUT2D eigenvalue weighted by Crippen LogP contribution is 2.09. The van der Waals surface area contributed by atoms with Crippen LogP contribution in [0.15, 0.2) is 6.20 Å². The van der Waals surface area contributed by atoms with Crippen LogP contribution in [0.2, 0.25) is 0 Å². The van der Waals surface area contributed by atoms with Gasteiger partial charge in [0.2, 0.25) is 0 Å². The first-order valence-electron chi connectivity index (χ1n) is 3.94. The summed E-state index contributed by atoms with van der Waals surface area (Å²) in [6.07, 6.45) is 3.81. The second kappa shape index (κ2) is 5.14. The first-order chi connectivity index (χ1) is 6.27.